The molecule has 2 aromatic rings. The fourth-order valence-corrected chi connectivity index (χ4v) is 3.28. The Labute approximate surface area is 145 Å². The highest BCUT2D eigenvalue weighted by atomic mass is 32.1. The van der Waals surface area contributed by atoms with E-state index in [4.69, 9.17) is 4.74 Å². The lowest BCUT2D eigenvalue weighted by atomic mass is 9.88. The third-order valence-corrected chi connectivity index (χ3v) is 5.34. The van der Waals surface area contributed by atoms with Gasteiger partial charge in [0, 0.05) is 5.75 Å². The van der Waals surface area contributed by atoms with Crippen LogP contribution in [0.3, 0.4) is 0 Å². The summed E-state index contributed by atoms with van der Waals surface area (Å²) in [6.45, 7) is 5.55. The molecule has 122 valence electrons. The lowest BCUT2D eigenvalue weighted by Crippen LogP contribution is -1.99. The molecule has 0 aromatic heterocycles. The van der Waals surface area contributed by atoms with E-state index < -0.39 is 0 Å². The van der Waals surface area contributed by atoms with Crippen molar-refractivity contribution in [3.8, 4) is 0 Å². The molecule has 0 N–H and O–H groups in total. The summed E-state index contributed by atoms with van der Waals surface area (Å²) in [7, 11) is 0. The fourth-order valence-electron chi connectivity index (χ4n) is 3.06. The predicted octanol–water partition coefficient (Wildman–Crippen LogP) is 5.88. The van der Waals surface area contributed by atoms with Crippen LogP contribution in [0.1, 0.15) is 66.9 Å². The number of benzene rings is 2. The van der Waals surface area contributed by atoms with E-state index in [0.717, 1.165) is 12.4 Å². The van der Waals surface area contributed by atoms with Gasteiger partial charge in [0.1, 0.15) is 6.10 Å². The van der Waals surface area contributed by atoms with E-state index in [-0.39, 0.29) is 0 Å². The molecule has 1 heterocycles. The Morgan fingerprint density at radius 3 is 1.83 bits per heavy atom. The quantitative estimate of drug-likeness (QED) is 0.495. The predicted molar refractivity (Wildman–Crippen MR) is 100 cm³/mol. The van der Waals surface area contributed by atoms with Gasteiger partial charge in [0.25, 0.3) is 0 Å². The summed E-state index contributed by atoms with van der Waals surface area (Å²) in [4.78, 5) is 0. The van der Waals surface area contributed by atoms with E-state index in [1.807, 2.05) is 0 Å². The van der Waals surface area contributed by atoms with E-state index >= 15 is 0 Å². The SMILES string of the molecule is CC(CCC(C)c1ccc(C2CO2)cc1)c1ccc(CS)cc1. The second kappa shape index (κ2) is 7.55. The maximum absolute atomic E-state index is 5.33. The third-order valence-electron chi connectivity index (χ3n) is 4.97. The van der Waals surface area contributed by atoms with Crippen molar-refractivity contribution in [3.63, 3.8) is 0 Å². The first-order chi connectivity index (χ1) is 11.2. The summed E-state index contributed by atoms with van der Waals surface area (Å²) in [6, 6.07) is 17.9. The van der Waals surface area contributed by atoms with E-state index in [2.05, 4.69) is 75.0 Å². The molecule has 1 nitrogen and oxygen atoms in total. The van der Waals surface area contributed by atoms with Gasteiger partial charge < -0.3 is 4.74 Å². The molecular weight excluding hydrogens is 300 g/mol. The van der Waals surface area contributed by atoms with Crippen molar-refractivity contribution >= 4 is 12.6 Å². The molecule has 3 unspecified atom stereocenters. The second-order valence-corrected chi connectivity index (χ2v) is 7.08. The summed E-state index contributed by atoms with van der Waals surface area (Å²) in [6.07, 6.45) is 2.79. The van der Waals surface area contributed by atoms with Gasteiger partial charge in [0.15, 0.2) is 0 Å². The van der Waals surface area contributed by atoms with Gasteiger partial charge in [-0.1, -0.05) is 62.4 Å². The van der Waals surface area contributed by atoms with Crippen LogP contribution in [0.25, 0.3) is 0 Å². The molecule has 3 atom stereocenters. The van der Waals surface area contributed by atoms with Gasteiger partial charge in [-0.15, -0.1) is 0 Å². The van der Waals surface area contributed by atoms with Crippen molar-refractivity contribution in [2.24, 2.45) is 0 Å². The fraction of sp³-hybridized carbons (Fsp3) is 0.429. The van der Waals surface area contributed by atoms with Gasteiger partial charge in [0.05, 0.1) is 6.61 Å². The van der Waals surface area contributed by atoms with Gasteiger partial charge in [-0.2, -0.15) is 12.6 Å². The van der Waals surface area contributed by atoms with E-state index in [1.165, 1.54) is 35.1 Å². The minimum atomic E-state index is 0.361. The first kappa shape index (κ1) is 16.6. The third kappa shape index (κ3) is 4.39. The summed E-state index contributed by atoms with van der Waals surface area (Å²) in [5.74, 6) is 2.02. The monoisotopic (exact) mass is 326 g/mol. The van der Waals surface area contributed by atoms with Crippen molar-refractivity contribution in [3.05, 3.63) is 70.8 Å². The number of ether oxygens (including phenoxy) is 1. The van der Waals surface area contributed by atoms with Crippen LogP contribution in [0.15, 0.2) is 48.5 Å². The van der Waals surface area contributed by atoms with E-state index in [0.29, 0.717) is 17.9 Å². The molecule has 1 aliphatic heterocycles. The van der Waals surface area contributed by atoms with Crippen LogP contribution in [0.2, 0.25) is 0 Å². The Kier molecular flexibility index (Phi) is 5.45. The molecule has 0 bridgehead atoms. The van der Waals surface area contributed by atoms with Crippen molar-refractivity contribution in [1.29, 1.82) is 0 Å². The number of hydrogen-bond acceptors (Lipinski definition) is 2. The van der Waals surface area contributed by atoms with Gasteiger partial charge in [-0.3, -0.25) is 0 Å². The molecule has 1 saturated heterocycles. The highest BCUT2D eigenvalue weighted by Gasteiger charge is 2.24. The summed E-state index contributed by atoms with van der Waals surface area (Å²) >= 11 is 4.32. The molecule has 2 aromatic carbocycles. The average molecular weight is 327 g/mol. The zero-order valence-corrected chi connectivity index (χ0v) is 14.9. The molecule has 0 amide bonds. The van der Waals surface area contributed by atoms with E-state index in [1.54, 1.807) is 0 Å². The lowest BCUT2D eigenvalue weighted by Gasteiger charge is -2.17. The molecule has 2 heteroatoms. The molecule has 0 saturated carbocycles. The first-order valence-corrected chi connectivity index (χ1v) is 9.21. The van der Waals surface area contributed by atoms with Gasteiger partial charge in [-0.25, -0.2) is 0 Å². The largest absolute Gasteiger partial charge is 0.368 e. The van der Waals surface area contributed by atoms with Crippen molar-refractivity contribution in [1.82, 2.24) is 0 Å². The highest BCUT2D eigenvalue weighted by molar-refractivity contribution is 7.79. The molecule has 23 heavy (non-hydrogen) atoms. The smallest absolute Gasteiger partial charge is 0.106 e. The zero-order valence-electron chi connectivity index (χ0n) is 14.0. The topological polar surface area (TPSA) is 12.5 Å². The summed E-state index contributed by atoms with van der Waals surface area (Å²) in [5, 5.41) is 0. The van der Waals surface area contributed by atoms with E-state index in [9.17, 15) is 0 Å². The first-order valence-electron chi connectivity index (χ1n) is 8.58. The Morgan fingerprint density at radius 2 is 1.39 bits per heavy atom. The standard InChI is InChI=1S/C21H26OS/c1-15(18-7-5-17(14-23)6-8-18)3-4-16(2)19-9-11-20(12-10-19)21-13-22-21/h5-12,15-16,21,23H,3-4,13-14H2,1-2H3. The maximum atomic E-state index is 5.33. The molecule has 3 rings (SSSR count). The van der Waals surface area contributed by atoms with Crippen LogP contribution in [0.5, 0.6) is 0 Å². The molecule has 0 spiro atoms. The second-order valence-electron chi connectivity index (χ2n) is 6.77. The number of thiol groups is 1. The zero-order chi connectivity index (χ0) is 16.2. The van der Waals surface area contributed by atoms with Crippen molar-refractivity contribution in [2.75, 3.05) is 6.61 Å². The Morgan fingerprint density at radius 1 is 0.913 bits per heavy atom. The minimum absolute atomic E-state index is 0.361. The molecule has 0 aliphatic carbocycles. The van der Waals surface area contributed by atoms with Crippen LogP contribution >= 0.6 is 12.6 Å². The van der Waals surface area contributed by atoms with Crippen LogP contribution in [0.4, 0.5) is 0 Å². The minimum Gasteiger partial charge on any atom is -0.368 e. The van der Waals surface area contributed by atoms with Gasteiger partial charge >= 0.3 is 0 Å². The van der Waals surface area contributed by atoms with Crippen LogP contribution in [-0.2, 0) is 10.5 Å². The average Bonchev–Trinajstić information content (AvgIpc) is 3.44. The van der Waals surface area contributed by atoms with Crippen molar-refractivity contribution in [2.45, 2.75) is 50.4 Å². The normalized spacial score (nSPS) is 19.3. The van der Waals surface area contributed by atoms with Crippen LogP contribution in [-0.4, -0.2) is 6.61 Å². The molecule has 1 fully saturated rings. The number of epoxide rings is 1. The maximum Gasteiger partial charge on any atom is 0.106 e. The van der Waals surface area contributed by atoms with Gasteiger partial charge in [0.2, 0.25) is 0 Å². The molecule has 1 aliphatic rings. The molecular formula is C21H26OS. The number of hydrogen-bond donors (Lipinski definition) is 1. The van der Waals surface area contributed by atoms with Gasteiger partial charge in [-0.05, 0) is 46.9 Å². The molecule has 0 radical (unpaired) electrons. The summed E-state index contributed by atoms with van der Waals surface area (Å²) in [5.41, 5.74) is 5.48. The Balaban J connectivity index is 1.53. The number of rotatable bonds is 7. The highest BCUT2D eigenvalue weighted by Crippen LogP contribution is 2.32. The Hall–Kier alpha value is -1.25. The van der Waals surface area contributed by atoms with Crippen molar-refractivity contribution < 1.29 is 4.74 Å². The summed E-state index contributed by atoms with van der Waals surface area (Å²) < 4.78 is 5.33. The lowest BCUT2D eigenvalue weighted by molar-refractivity contribution is 0.415. The van der Waals surface area contributed by atoms with Crippen LogP contribution < -0.4 is 0 Å². The van der Waals surface area contributed by atoms with Crippen LogP contribution in [0, 0.1) is 0 Å². The Bertz CT molecular complexity index is 613.